The van der Waals surface area contributed by atoms with Crippen molar-refractivity contribution in [2.75, 3.05) is 20.2 Å². The average Bonchev–Trinajstić information content (AvgIpc) is 2.62. The van der Waals surface area contributed by atoms with E-state index < -0.39 is 0 Å². The van der Waals surface area contributed by atoms with Gasteiger partial charge in [0, 0.05) is 18.8 Å². The molecule has 0 aromatic heterocycles. The molecule has 3 nitrogen and oxygen atoms in total. The Morgan fingerprint density at radius 3 is 3.00 bits per heavy atom. The molecule has 1 fully saturated rings. The van der Waals surface area contributed by atoms with Gasteiger partial charge in [-0.2, -0.15) is 0 Å². The highest BCUT2D eigenvalue weighted by molar-refractivity contribution is 5.89. The van der Waals surface area contributed by atoms with E-state index in [2.05, 4.69) is 4.90 Å². The van der Waals surface area contributed by atoms with Crippen LogP contribution in [0.4, 0.5) is 0 Å². The first-order chi connectivity index (χ1) is 5.83. The summed E-state index contributed by atoms with van der Waals surface area (Å²) in [5.74, 6) is -0.130. The Hall–Kier alpha value is -0.990. The molecule has 2 rings (SSSR count). The minimum Gasteiger partial charge on any atom is -0.466 e. The summed E-state index contributed by atoms with van der Waals surface area (Å²) in [5.41, 5.74) is 2.15. The van der Waals surface area contributed by atoms with Gasteiger partial charge in [0.15, 0.2) is 0 Å². The Balaban J connectivity index is 2.24. The standard InChI is InChI=1S/C9H13NO2/c1-12-9(11)7-4-6-10-5-2-3-8(7)10/h2-6H2,1H3. The van der Waals surface area contributed by atoms with Gasteiger partial charge in [0.1, 0.15) is 0 Å². The molecule has 0 bridgehead atoms. The number of hydrogen-bond donors (Lipinski definition) is 0. The van der Waals surface area contributed by atoms with E-state index >= 15 is 0 Å². The molecule has 0 spiro atoms. The lowest BCUT2D eigenvalue weighted by Gasteiger charge is -2.11. The summed E-state index contributed by atoms with van der Waals surface area (Å²) in [6.45, 7) is 2.13. The van der Waals surface area contributed by atoms with Gasteiger partial charge >= 0.3 is 5.97 Å². The third kappa shape index (κ3) is 1.00. The van der Waals surface area contributed by atoms with Gasteiger partial charge < -0.3 is 9.64 Å². The van der Waals surface area contributed by atoms with Crippen LogP contribution in [0, 0.1) is 0 Å². The van der Waals surface area contributed by atoms with Crippen molar-refractivity contribution in [3.05, 3.63) is 11.3 Å². The quantitative estimate of drug-likeness (QED) is 0.544. The second kappa shape index (κ2) is 2.81. The zero-order valence-corrected chi connectivity index (χ0v) is 7.30. The molecule has 2 aliphatic rings. The smallest absolute Gasteiger partial charge is 0.335 e. The lowest BCUT2D eigenvalue weighted by molar-refractivity contribution is -0.136. The fraction of sp³-hybridized carbons (Fsp3) is 0.667. The molecular weight excluding hydrogens is 154 g/mol. The van der Waals surface area contributed by atoms with Crippen LogP contribution >= 0.6 is 0 Å². The fourth-order valence-corrected chi connectivity index (χ4v) is 2.05. The maximum Gasteiger partial charge on any atom is 0.335 e. The molecule has 3 heteroatoms. The van der Waals surface area contributed by atoms with Crippen molar-refractivity contribution in [2.45, 2.75) is 19.3 Å². The van der Waals surface area contributed by atoms with E-state index in [0.717, 1.165) is 31.5 Å². The highest BCUT2D eigenvalue weighted by Crippen LogP contribution is 2.32. The molecule has 66 valence electrons. The molecule has 0 saturated carbocycles. The third-order valence-corrected chi connectivity index (χ3v) is 2.64. The van der Waals surface area contributed by atoms with E-state index in [-0.39, 0.29) is 5.97 Å². The number of fused-ring (bicyclic) bond motifs is 1. The first-order valence-electron chi connectivity index (χ1n) is 4.38. The Labute approximate surface area is 72.0 Å². The lowest BCUT2D eigenvalue weighted by Crippen LogP contribution is -2.13. The van der Waals surface area contributed by atoms with E-state index in [0.29, 0.717) is 0 Å². The monoisotopic (exact) mass is 167 g/mol. The lowest BCUT2D eigenvalue weighted by atomic mass is 10.1. The summed E-state index contributed by atoms with van der Waals surface area (Å²) in [4.78, 5) is 13.5. The largest absolute Gasteiger partial charge is 0.466 e. The van der Waals surface area contributed by atoms with E-state index in [1.165, 1.54) is 19.2 Å². The van der Waals surface area contributed by atoms with Gasteiger partial charge in [-0.05, 0) is 19.3 Å². The van der Waals surface area contributed by atoms with Crippen molar-refractivity contribution in [1.29, 1.82) is 0 Å². The van der Waals surface area contributed by atoms with Crippen LogP contribution in [0.3, 0.4) is 0 Å². The summed E-state index contributed by atoms with van der Waals surface area (Å²) in [7, 11) is 1.45. The van der Waals surface area contributed by atoms with Crippen LogP contribution in [-0.2, 0) is 9.53 Å². The summed E-state index contributed by atoms with van der Waals surface area (Å²) >= 11 is 0. The molecule has 0 aromatic rings. The molecule has 2 aliphatic heterocycles. The van der Waals surface area contributed by atoms with E-state index in [9.17, 15) is 4.79 Å². The summed E-state index contributed by atoms with van der Waals surface area (Å²) in [6.07, 6.45) is 3.13. The molecule has 0 unspecified atom stereocenters. The van der Waals surface area contributed by atoms with E-state index in [1.54, 1.807) is 0 Å². The van der Waals surface area contributed by atoms with Crippen molar-refractivity contribution in [3.63, 3.8) is 0 Å². The van der Waals surface area contributed by atoms with Crippen LogP contribution in [-0.4, -0.2) is 31.1 Å². The second-order valence-electron chi connectivity index (χ2n) is 3.26. The molecule has 1 saturated heterocycles. The number of carbonyl (C=O) groups excluding carboxylic acids is 1. The molecule has 0 atom stereocenters. The Kier molecular flexibility index (Phi) is 1.79. The number of allylic oxidation sites excluding steroid dienone is 1. The van der Waals surface area contributed by atoms with Crippen LogP contribution in [0.15, 0.2) is 11.3 Å². The van der Waals surface area contributed by atoms with Gasteiger partial charge in [-0.15, -0.1) is 0 Å². The molecule has 2 heterocycles. The Morgan fingerprint density at radius 1 is 1.42 bits per heavy atom. The highest BCUT2D eigenvalue weighted by Gasteiger charge is 2.30. The average molecular weight is 167 g/mol. The van der Waals surface area contributed by atoms with Crippen LogP contribution in [0.2, 0.25) is 0 Å². The predicted octanol–water partition coefficient (Wildman–Crippen LogP) is 0.913. The summed E-state index contributed by atoms with van der Waals surface area (Å²) in [5, 5.41) is 0. The maximum absolute atomic E-state index is 11.2. The molecule has 0 aromatic carbocycles. The molecule has 0 amide bonds. The predicted molar refractivity (Wildman–Crippen MR) is 44.5 cm³/mol. The minimum absolute atomic E-state index is 0.130. The number of rotatable bonds is 1. The molecule has 0 aliphatic carbocycles. The maximum atomic E-state index is 11.2. The van der Waals surface area contributed by atoms with Crippen molar-refractivity contribution < 1.29 is 9.53 Å². The molecule has 12 heavy (non-hydrogen) atoms. The fourth-order valence-electron chi connectivity index (χ4n) is 2.05. The van der Waals surface area contributed by atoms with E-state index in [4.69, 9.17) is 4.74 Å². The van der Waals surface area contributed by atoms with Gasteiger partial charge in [0.25, 0.3) is 0 Å². The Morgan fingerprint density at radius 2 is 2.25 bits per heavy atom. The number of ether oxygens (including phenoxy) is 1. The van der Waals surface area contributed by atoms with Crippen LogP contribution in [0.25, 0.3) is 0 Å². The topological polar surface area (TPSA) is 29.5 Å². The van der Waals surface area contributed by atoms with Crippen molar-refractivity contribution in [2.24, 2.45) is 0 Å². The Bertz CT molecular complexity index is 245. The molecule has 0 N–H and O–H groups in total. The van der Waals surface area contributed by atoms with Crippen LogP contribution in [0.1, 0.15) is 19.3 Å². The number of methoxy groups -OCH3 is 1. The van der Waals surface area contributed by atoms with Crippen molar-refractivity contribution in [3.8, 4) is 0 Å². The SMILES string of the molecule is COC(=O)C1=C2CCCN2CC1. The van der Waals surface area contributed by atoms with Gasteiger partial charge in [-0.25, -0.2) is 4.79 Å². The van der Waals surface area contributed by atoms with E-state index in [1.807, 2.05) is 0 Å². The van der Waals surface area contributed by atoms with Crippen LogP contribution < -0.4 is 0 Å². The normalized spacial score (nSPS) is 21.6. The van der Waals surface area contributed by atoms with Crippen molar-refractivity contribution >= 4 is 5.97 Å². The van der Waals surface area contributed by atoms with Gasteiger partial charge in [0.05, 0.1) is 12.7 Å². The zero-order valence-electron chi connectivity index (χ0n) is 7.30. The van der Waals surface area contributed by atoms with Crippen LogP contribution in [0.5, 0.6) is 0 Å². The van der Waals surface area contributed by atoms with Gasteiger partial charge in [0.2, 0.25) is 0 Å². The van der Waals surface area contributed by atoms with Gasteiger partial charge in [-0.1, -0.05) is 0 Å². The summed E-state index contributed by atoms with van der Waals surface area (Å²) in [6, 6.07) is 0. The number of esters is 1. The highest BCUT2D eigenvalue weighted by atomic mass is 16.5. The van der Waals surface area contributed by atoms with Gasteiger partial charge in [-0.3, -0.25) is 0 Å². The zero-order chi connectivity index (χ0) is 8.55. The molecule has 0 radical (unpaired) electrons. The number of nitrogens with zero attached hydrogens (tertiary/aromatic N) is 1. The number of hydrogen-bond acceptors (Lipinski definition) is 3. The number of carbonyl (C=O) groups is 1. The summed E-state index contributed by atoms with van der Waals surface area (Å²) < 4.78 is 4.72. The van der Waals surface area contributed by atoms with Crippen molar-refractivity contribution in [1.82, 2.24) is 4.90 Å². The third-order valence-electron chi connectivity index (χ3n) is 2.64. The first kappa shape index (κ1) is 7.65. The minimum atomic E-state index is -0.130. The molecular formula is C9H13NO2. The second-order valence-corrected chi connectivity index (χ2v) is 3.26. The first-order valence-corrected chi connectivity index (χ1v) is 4.38.